The monoisotopic (exact) mass is 149 g/mol. The molecule has 0 bridgehead atoms. The lowest BCUT2D eigenvalue weighted by Gasteiger charge is -1.76. The molecule has 0 unspecified atom stereocenters. The molecule has 1 heterocycles. The molecule has 1 aromatic heterocycles. The van der Waals surface area contributed by atoms with Crippen molar-refractivity contribution in [3.05, 3.63) is 12.2 Å². The molecule has 0 radical (unpaired) electrons. The largest absolute Gasteiger partial charge is 0.361 e. The lowest BCUT2D eigenvalue weighted by atomic mass is 10.6. The van der Waals surface area contributed by atoms with Crippen LogP contribution in [-0.2, 0) is 0 Å². The van der Waals surface area contributed by atoms with Crippen molar-refractivity contribution >= 4 is 18.3 Å². The van der Waals surface area contributed by atoms with Crippen molar-refractivity contribution in [1.29, 1.82) is 0 Å². The summed E-state index contributed by atoms with van der Waals surface area (Å²) in [4.78, 5) is 13.5. The van der Waals surface area contributed by atoms with Crippen molar-refractivity contribution in [2.24, 2.45) is 5.73 Å². The lowest BCUT2D eigenvalue weighted by molar-refractivity contribution is 0.0958. The van der Waals surface area contributed by atoms with E-state index >= 15 is 0 Å². The summed E-state index contributed by atoms with van der Waals surface area (Å²) in [6.45, 7) is 0. The van der Waals surface area contributed by atoms with Gasteiger partial charge in [-0.1, -0.05) is 5.16 Å². The molecule has 0 atom stereocenters. The number of hydrogen-bond donors (Lipinski definition) is 1. The van der Waals surface area contributed by atoms with Gasteiger partial charge in [0.25, 0.3) is 0 Å². The maximum atomic E-state index is 10.1. The van der Waals surface area contributed by atoms with E-state index in [0.717, 1.165) is 6.33 Å². The van der Waals surface area contributed by atoms with Crippen LogP contribution < -0.4 is 5.73 Å². The minimum Gasteiger partial charge on any atom is -0.361 e. The summed E-state index contributed by atoms with van der Waals surface area (Å²) in [5.74, 6) is -0.868. The van der Waals surface area contributed by atoms with Gasteiger partial charge in [-0.25, -0.2) is 0 Å². The maximum absolute atomic E-state index is 10.1. The summed E-state index contributed by atoms with van der Waals surface area (Å²) in [6, 6.07) is 0. The Labute approximate surface area is 56.6 Å². The second kappa shape index (κ2) is 3.03. The Morgan fingerprint density at radius 1 is 1.78 bits per heavy atom. The van der Waals surface area contributed by atoms with Gasteiger partial charge in [0.2, 0.25) is 0 Å². The van der Waals surface area contributed by atoms with Crippen LogP contribution in [0.15, 0.2) is 10.9 Å². The van der Waals surface area contributed by atoms with E-state index in [2.05, 4.69) is 14.7 Å². The standard InChI is InChI=1S/C3H3N3O2.ClH/c4-2(7)3-5-1-6-8-3;/h1H,(H2,4,7);1H. The van der Waals surface area contributed by atoms with Crippen LogP contribution in [-0.4, -0.2) is 16.0 Å². The van der Waals surface area contributed by atoms with Crippen LogP contribution in [0.1, 0.15) is 10.7 Å². The lowest BCUT2D eigenvalue weighted by Crippen LogP contribution is -2.10. The van der Waals surface area contributed by atoms with Crippen molar-refractivity contribution < 1.29 is 9.32 Å². The molecule has 1 rings (SSSR count). The molecule has 0 aliphatic rings. The third-order valence-electron chi connectivity index (χ3n) is 0.572. The van der Waals surface area contributed by atoms with Crippen LogP contribution >= 0.6 is 12.4 Å². The van der Waals surface area contributed by atoms with Gasteiger partial charge in [-0.05, 0) is 0 Å². The van der Waals surface area contributed by atoms with Crippen LogP contribution in [0.25, 0.3) is 0 Å². The van der Waals surface area contributed by atoms with Crippen LogP contribution in [0.3, 0.4) is 0 Å². The van der Waals surface area contributed by atoms with Crippen LogP contribution in [0.5, 0.6) is 0 Å². The third kappa shape index (κ3) is 1.69. The van der Waals surface area contributed by atoms with Gasteiger partial charge in [0.15, 0.2) is 6.33 Å². The summed E-state index contributed by atoms with van der Waals surface area (Å²) < 4.78 is 4.26. The number of carbonyl (C=O) groups excluding carboxylic acids is 1. The average Bonchev–Trinajstić information content (AvgIpc) is 2.12. The molecule has 0 aromatic carbocycles. The first-order valence-electron chi connectivity index (χ1n) is 1.87. The van der Waals surface area contributed by atoms with E-state index in [1.54, 1.807) is 0 Å². The summed E-state index contributed by atoms with van der Waals surface area (Å²) in [6.07, 6.45) is 1.11. The minimum atomic E-state index is -0.706. The van der Waals surface area contributed by atoms with Crippen molar-refractivity contribution in [3.63, 3.8) is 0 Å². The Bertz CT molecular complexity index is 185. The maximum Gasteiger partial charge on any atom is 0.315 e. The van der Waals surface area contributed by atoms with Crippen molar-refractivity contribution in [1.82, 2.24) is 10.1 Å². The molecule has 0 saturated heterocycles. The molecule has 9 heavy (non-hydrogen) atoms. The average molecular weight is 150 g/mol. The topological polar surface area (TPSA) is 82.0 Å². The molecule has 0 fully saturated rings. The fraction of sp³-hybridized carbons (Fsp3) is 0. The zero-order valence-electron chi connectivity index (χ0n) is 4.27. The summed E-state index contributed by atoms with van der Waals surface area (Å²) in [5, 5.41) is 3.16. The zero-order valence-corrected chi connectivity index (χ0v) is 5.09. The third-order valence-corrected chi connectivity index (χ3v) is 0.572. The fourth-order valence-electron chi connectivity index (χ4n) is 0.282. The van der Waals surface area contributed by atoms with E-state index < -0.39 is 5.91 Å². The zero-order chi connectivity index (χ0) is 5.98. The number of aromatic nitrogens is 2. The molecule has 5 nitrogen and oxygen atoms in total. The highest BCUT2D eigenvalue weighted by Gasteiger charge is 2.03. The Kier molecular flexibility index (Phi) is 2.66. The van der Waals surface area contributed by atoms with E-state index in [1.165, 1.54) is 0 Å². The molecule has 0 aliphatic carbocycles. The SMILES string of the molecule is Cl.NC(=O)c1ncno1. The Morgan fingerprint density at radius 2 is 2.44 bits per heavy atom. The molecule has 1 amide bonds. The highest BCUT2D eigenvalue weighted by molar-refractivity contribution is 5.87. The van der Waals surface area contributed by atoms with E-state index in [0.29, 0.717) is 0 Å². The second-order valence-corrected chi connectivity index (χ2v) is 1.11. The predicted octanol–water partition coefficient (Wildman–Crippen LogP) is -0.410. The van der Waals surface area contributed by atoms with Gasteiger partial charge in [-0.3, -0.25) is 4.79 Å². The second-order valence-electron chi connectivity index (χ2n) is 1.11. The molecule has 0 aliphatic heterocycles. The Morgan fingerprint density at radius 3 is 2.67 bits per heavy atom. The highest BCUT2D eigenvalue weighted by atomic mass is 35.5. The molecule has 0 spiro atoms. The number of amides is 1. The Hall–Kier alpha value is -1.10. The van der Waals surface area contributed by atoms with Crippen molar-refractivity contribution in [3.8, 4) is 0 Å². The smallest absolute Gasteiger partial charge is 0.315 e. The van der Waals surface area contributed by atoms with E-state index in [9.17, 15) is 4.79 Å². The van der Waals surface area contributed by atoms with Crippen LogP contribution in [0.4, 0.5) is 0 Å². The predicted molar refractivity (Wildman–Crippen MR) is 30.1 cm³/mol. The quantitative estimate of drug-likeness (QED) is 0.589. The van der Waals surface area contributed by atoms with E-state index in [-0.39, 0.29) is 18.3 Å². The minimum absolute atomic E-state index is 0. The normalized spacial score (nSPS) is 8.00. The van der Waals surface area contributed by atoms with E-state index in [4.69, 9.17) is 5.73 Å². The van der Waals surface area contributed by atoms with Crippen LogP contribution in [0, 0.1) is 0 Å². The number of nitrogens with zero attached hydrogens (tertiary/aromatic N) is 2. The number of primary amides is 1. The van der Waals surface area contributed by atoms with Gasteiger partial charge in [-0.15, -0.1) is 12.4 Å². The van der Waals surface area contributed by atoms with Gasteiger partial charge >= 0.3 is 11.8 Å². The van der Waals surface area contributed by atoms with Gasteiger partial charge < -0.3 is 10.3 Å². The first-order valence-corrected chi connectivity index (χ1v) is 1.87. The molecule has 6 heteroatoms. The summed E-state index contributed by atoms with van der Waals surface area (Å²) in [5.41, 5.74) is 4.72. The van der Waals surface area contributed by atoms with Crippen molar-refractivity contribution in [2.75, 3.05) is 0 Å². The van der Waals surface area contributed by atoms with Gasteiger partial charge in [-0.2, -0.15) is 4.98 Å². The molecular weight excluding hydrogens is 146 g/mol. The molecule has 0 saturated carbocycles. The number of hydrogen-bond acceptors (Lipinski definition) is 4. The molecule has 2 N–H and O–H groups in total. The van der Waals surface area contributed by atoms with Crippen molar-refractivity contribution in [2.45, 2.75) is 0 Å². The number of halogens is 1. The number of rotatable bonds is 1. The molecule has 50 valence electrons. The summed E-state index contributed by atoms with van der Waals surface area (Å²) >= 11 is 0. The Balaban J connectivity index is 0.000000640. The highest BCUT2D eigenvalue weighted by Crippen LogP contribution is 1.85. The van der Waals surface area contributed by atoms with Crippen LogP contribution in [0.2, 0.25) is 0 Å². The van der Waals surface area contributed by atoms with E-state index in [1.807, 2.05) is 0 Å². The van der Waals surface area contributed by atoms with Gasteiger partial charge in [0.1, 0.15) is 0 Å². The fourth-order valence-corrected chi connectivity index (χ4v) is 0.282. The number of nitrogens with two attached hydrogens (primary N) is 1. The first-order chi connectivity index (χ1) is 3.80. The summed E-state index contributed by atoms with van der Waals surface area (Å²) in [7, 11) is 0. The van der Waals surface area contributed by atoms with Gasteiger partial charge in [0.05, 0.1) is 0 Å². The first kappa shape index (κ1) is 7.90. The number of carbonyl (C=O) groups is 1. The molecule has 1 aromatic rings. The van der Waals surface area contributed by atoms with Gasteiger partial charge in [0, 0.05) is 0 Å². The molecular formula is C3H4ClN3O2.